The third-order valence-corrected chi connectivity index (χ3v) is 9.19. The van der Waals surface area contributed by atoms with Crippen LogP contribution in [0.15, 0.2) is 75.7 Å². The lowest BCUT2D eigenvalue weighted by Crippen LogP contribution is -2.40. The van der Waals surface area contributed by atoms with E-state index in [1.165, 1.54) is 18.8 Å². The molecule has 1 aliphatic heterocycles. The molecule has 0 bridgehead atoms. The zero-order chi connectivity index (χ0) is 35.9. The predicted octanol–water partition coefficient (Wildman–Crippen LogP) is 5.64. The lowest BCUT2D eigenvalue weighted by Gasteiger charge is -2.25. The van der Waals surface area contributed by atoms with Gasteiger partial charge in [0.05, 0.1) is 54.3 Å². The molecule has 4 aromatic rings. The Morgan fingerprint density at radius 1 is 0.940 bits per heavy atom. The Morgan fingerprint density at radius 2 is 1.72 bits per heavy atom. The van der Waals surface area contributed by atoms with Gasteiger partial charge in [-0.1, -0.05) is 58.8 Å². The second kappa shape index (κ2) is 16.3. The van der Waals surface area contributed by atoms with Gasteiger partial charge in [-0.25, -0.2) is 14.6 Å². The maximum Gasteiger partial charge on any atom is 0.343 e. The molecule has 5 rings (SSSR count). The van der Waals surface area contributed by atoms with Crippen molar-refractivity contribution in [2.24, 2.45) is 4.99 Å². The fraction of sp³-hybridized carbons (Fsp3) is 0.278. The predicted molar refractivity (Wildman–Crippen MR) is 189 cm³/mol. The average Bonchev–Trinajstić information content (AvgIpc) is 3.40. The fourth-order valence-corrected chi connectivity index (χ4v) is 6.78. The van der Waals surface area contributed by atoms with Gasteiger partial charge in [0.15, 0.2) is 34.4 Å². The maximum absolute atomic E-state index is 14.2. The van der Waals surface area contributed by atoms with E-state index >= 15 is 0 Å². The number of aromatic nitrogens is 1. The van der Waals surface area contributed by atoms with Crippen LogP contribution in [0, 0.1) is 0 Å². The molecule has 0 radical (unpaired) electrons. The average molecular weight is 742 g/mol. The van der Waals surface area contributed by atoms with Crippen LogP contribution >= 0.6 is 34.5 Å². The Morgan fingerprint density at radius 3 is 2.42 bits per heavy atom. The number of nitrogens with zero attached hydrogens (tertiary/aromatic N) is 2. The van der Waals surface area contributed by atoms with Gasteiger partial charge in [0.25, 0.3) is 5.56 Å². The van der Waals surface area contributed by atoms with E-state index in [0.717, 1.165) is 16.9 Å². The van der Waals surface area contributed by atoms with E-state index in [1.54, 1.807) is 63.2 Å². The van der Waals surface area contributed by atoms with E-state index in [9.17, 15) is 14.4 Å². The highest BCUT2D eigenvalue weighted by Crippen LogP contribution is 2.38. The van der Waals surface area contributed by atoms with Crippen LogP contribution in [-0.4, -0.2) is 50.5 Å². The molecule has 0 unspecified atom stereocenters. The number of hydrogen-bond donors (Lipinski definition) is 0. The summed E-state index contributed by atoms with van der Waals surface area (Å²) < 4.78 is 34.9. The van der Waals surface area contributed by atoms with Gasteiger partial charge in [0.1, 0.15) is 6.61 Å². The Kier molecular flexibility index (Phi) is 11.9. The van der Waals surface area contributed by atoms with Crippen LogP contribution in [0.5, 0.6) is 23.0 Å². The summed E-state index contributed by atoms with van der Waals surface area (Å²) in [5.41, 5.74) is 2.09. The molecule has 0 amide bonds. The highest BCUT2D eigenvalue weighted by Gasteiger charge is 2.34. The number of ether oxygens (including phenoxy) is 6. The van der Waals surface area contributed by atoms with Gasteiger partial charge >= 0.3 is 11.9 Å². The van der Waals surface area contributed by atoms with Crippen LogP contribution in [0.4, 0.5) is 0 Å². The molecule has 262 valence electrons. The monoisotopic (exact) mass is 740 g/mol. The van der Waals surface area contributed by atoms with Crippen molar-refractivity contribution in [2.75, 3.05) is 34.0 Å². The number of methoxy groups -OCH3 is 2. The first-order valence-electron chi connectivity index (χ1n) is 15.5. The van der Waals surface area contributed by atoms with Gasteiger partial charge in [-0.3, -0.25) is 9.36 Å². The van der Waals surface area contributed by atoms with Crippen LogP contribution in [0.2, 0.25) is 10.0 Å². The van der Waals surface area contributed by atoms with Crippen LogP contribution < -0.4 is 33.8 Å². The summed E-state index contributed by atoms with van der Waals surface area (Å²) in [5.74, 6) is 0.113. The minimum absolute atomic E-state index is 0.123. The van der Waals surface area contributed by atoms with Gasteiger partial charge in [0, 0.05) is 10.6 Å². The number of carbonyl (C=O) groups excluding carboxylic acids is 2. The maximum atomic E-state index is 14.2. The van der Waals surface area contributed by atoms with E-state index in [-0.39, 0.29) is 42.8 Å². The number of thiazole rings is 1. The third-order valence-electron chi connectivity index (χ3n) is 7.55. The smallest absolute Gasteiger partial charge is 0.343 e. The number of esters is 2. The summed E-state index contributed by atoms with van der Waals surface area (Å²) in [7, 11) is 2.76. The normalized spacial score (nSPS) is 14.1. The van der Waals surface area contributed by atoms with Crippen LogP contribution in [0.3, 0.4) is 0 Å². The van der Waals surface area contributed by atoms with Gasteiger partial charge in [-0.05, 0) is 68.3 Å². The van der Waals surface area contributed by atoms with Gasteiger partial charge in [-0.15, -0.1) is 0 Å². The number of carbonyl (C=O) groups is 2. The SMILES string of the molecule is CCOC(=O)C1=C(C)N=c2s/c(=C\c3cc(Cl)c(OCc4ccccc4Cl)c(OC)c3)c(=O)n2[C@H]1c1ccc(OCC(=O)OC)c(OCC)c1. The first-order chi connectivity index (χ1) is 24.1. The number of allylic oxidation sites excluding steroid dienone is 1. The summed E-state index contributed by atoms with van der Waals surface area (Å²) in [4.78, 5) is 44.4. The molecule has 50 heavy (non-hydrogen) atoms. The molecule has 3 aromatic carbocycles. The van der Waals surface area contributed by atoms with Crippen molar-refractivity contribution in [2.45, 2.75) is 33.4 Å². The summed E-state index contributed by atoms with van der Waals surface area (Å²) >= 11 is 14.1. The molecule has 0 saturated heterocycles. The lowest BCUT2D eigenvalue weighted by molar-refractivity contribution is -0.143. The molecule has 0 N–H and O–H groups in total. The summed E-state index contributed by atoms with van der Waals surface area (Å²) in [6, 6.07) is 14.7. The molecule has 14 heteroatoms. The fourth-order valence-electron chi connectivity index (χ4n) is 5.26. The second-order valence-corrected chi connectivity index (χ2v) is 12.5. The number of benzene rings is 3. The number of halogens is 2. The molecule has 1 aliphatic rings. The first kappa shape index (κ1) is 36.5. The van der Waals surface area contributed by atoms with Crippen molar-refractivity contribution >= 4 is 52.6 Å². The van der Waals surface area contributed by atoms with Gasteiger partial charge in [-0.2, -0.15) is 0 Å². The van der Waals surface area contributed by atoms with Crippen LogP contribution in [0.25, 0.3) is 6.08 Å². The number of hydrogen-bond acceptors (Lipinski definition) is 11. The molecular weight excluding hydrogens is 707 g/mol. The molecule has 11 nitrogen and oxygen atoms in total. The van der Waals surface area contributed by atoms with E-state index in [2.05, 4.69) is 9.73 Å². The molecule has 0 aliphatic carbocycles. The quantitative estimate of drug-likeness (QED) is 0.160. The van der Waals surface area contributed by atoms with E-state index in [4.69, 9.17) is 46.9 Å². The number of rotatable bonds is 13. The van der Waals surface area contributed by atoms with E-state index in [0.29, 0.717) is 48.4 Å². The van der Waals surface area contributed by atoms with Crippen LogP contribution in [-0.2, 0) is 25.7 Å². The summed E-state index contributed by atoms with van der Waals surface area (Å²) in [6.07, 6.45) is 1.67. The minimum Gasteiger partial charge on any atom is -0.493 e. The summed E-state index contributed by atoms with van der Waals surface area (Å²) in [5, 5.41) is 0.831. The Balaban J connectivity index is 1.59. The highest BCUT2D eigenvalue weighted by molar-refractivity contribution is 7.07. The standard InChI is InChI=1S/C36H34Cl2N2O9S/c1-6-46-27-17-22(12-13-26(27)48-19-30(41)45-5)32-31(35(43)47-7-2)20(3)39-36-40(32)34(42)29(50-36)16-21-14-25(38)33(28(15-21)44-4)49-18-23-10-8-9-11-24(23)37/h8-17,32H,6-7,18-19H2,1-5H3/b29-16-/t32-/m0/s1. The molecular formula is C36H34Cl2N2O9S. The zero-order valence-corrected chi connectivity index (χ0v) is 30.2. The Bertz CT molecular complexity index is 2140. The van der Waals surface area contributed by atoms with Crippen molar-refractivity contribution in [3.8, 4) is 23.0 Å². The molecule has 0 saturated carbocycles. The minimum atomic E-state index is -0.917. The Hall–Kier alpha value is -4.78. The van der Waals surface area contributed by atoms with E-state index < -0.39 is 23.5 Å². The first-order valence-corrected chi connectivity index (χ1v) is 17.1. The van der Waals surface area contributed by atoms with Gasteiger partial charge in [0.2, 0.25) is 0 Å². The van der Waals surface area contributed by atoms with Gasteiger partial charge < -0.3 is 28.4 Å². The lowest BCUT2D eigenvalue weighted by atomic mass is 9.95. The molecule has 1 aromatic heterocycles. The van der Waals surface area contributed by atoms with Crippen LogP contribution in [0.1, 0.15) is 43.5 Å². The molecule has 1 atom stereocenters. The largest absolute Gasteiger partial charge is 0.493 e. The topological polar surface area (TPSA) is 124 Å². The summed E-state index contributed by atoms with van der Waals surface area (Å²) in [6.45, 7) is 5.44. The number of fused-ring (bicyclic) bond motifs is 1. The van der Waals surface area contributed by atoms with Crippen molar-refractivity contribution in [1.29, 1.82) is 0 Å². The molecule has 2 heterocycles. The highest BCUT2D eigenvalue weighted by atomic mass is 35.5. The Labute approximate surface area is 301 Å². The van der Waals surface area contributed by atoms with Crippen molar-refractivity contribution in [3.63, 3.8) is 0 Å². The van der Waals surface area contributed by atoms with Crippen molar-refractivity contribution < 1.29 is 38.0 Å². The third kappa shape index (κ3) is 7.83. The second-order valence-electron chi connectivity index (χ2n) is 10.7. The molecule has 0 fully saturated rings. The van der Waals surface area contributed by atoms with E-state index in [1.807, 2.05) is 18.2 Å². The zero-order valence-electron chi connectivity index (χ0n) is 27.9. The van der Waals surface area contributed by atoms with Crippen molar-refractivity contribution in [3.05, 3.63) is 112 Å². The van der Waals surface area contributed by atoms with Crippen molar-refractivity contribution in [1.82, 2.24) is 4.57 Å². The molecule has 0 spiro atoms.